The van der Waals surface area contributed by atoms with Crippen molar-refractivity contribution < 1.29 is 14.4 Å². The fraction of sp³-hybridized carbons (Fsp3) is 0.364. The Labute approximate surface area is 175 Å². The molecule has 0 bridgehead atoms. The Bertz CT molecular complexity index is 927. The fourth-order valence-electron chi connectivity index (χ4n) is 4.07. The summed E-state index contributed by atoms with van der Waals surface area (Å²) >= 11 is 6.04. The molecule has 0 unspecified atom stereocenters. The minimum absolute atomic E-state index is 0.187. The van der Waals surface area contributed by atoms with E-state index in [9.17, 15) is 9.59 Å². The highest BCUT2D eigenvalue weighted by atomic mass is 35.5. The third kappa shape index (κ3) is 3.26. The van der Waals surface area contributed by atoms with Crippen LogP contribution in [0.5, 0.6) is 0 Å². The highest BCUT2D eigenvalue weighted by molar-refractivity contribution is 6.30. The molecule has 2 aliphatic heterocycles. The SMILES string of the molecule is CC(C)N1C(=O)[C@H]2[C@@H](c3ccc(N(C)C)cc3)N(c3ccc(Cl)cc3)O[C@H]2C1=O. The fourth-order valence-corrected chi connectivity index (χ4v) is 4.19. The number of benzene rings is 2. The first kappa shape index (κ1) is 19.7. The molecule has 29 heavy (non-hydrogen) atoms. The number of imide groups is 1. The van der Waals surface area contributed by atoms with E-state index in [1.807, 2.05) is 69.2 Å². The van der Waals surface area contributed by atoms with Gasteiger partial charge in [-0.2, -0.15) is 0 Å². The number of halogens is 1. The molecule has 3 atom stereocenters. The molecule has 2 amide bonds. The van der Waals surface area contributed by atoms with Gasteiger partial charge < -0.3 is 4.90 Å². The zero-order chi connectivity index (χ0) is 20.9. The van der Waals surface area contributed by atoms with Gasteiger partial charge >= 0.3 is 0 Å². The number of carbonyl (C=O) groups is 2. The molecule has 4 rings (SSSR count). The number of carbonyl (C=O) groups excluding carboxylic acids is 2. The van der Waals surface area contributed by atoms with Gasteiger partial charge in [0.25, 0.3) is 5.91 Å². The van der Waals surface area contributed by atoms with E-state index >= 15 is 0 Å². The minimum Gasteiger partial charge on any atom is -0.378 e. The Balaban J connectivity index is 1.78. The average molecular weight is 414 g/mol. The second-order valence-electron chi connectivity index (χ2n) is 7.93. The van der Waals surface area contributed by atoms with Gasteiger partial charge in [-0.15, -0.1) is 0 Å². The zero-order valence-corrected chi connectivity index (χ0v) is 17.6. The van der Waals surface area contributed by atoms with E-state index in [1.165, 1.54) is 4.90 Å². The summed E-state index contributed by atoms with van der Waals surface area (Å²) in [6.07, 6.45) is -0.820. The summed E-state index contributed by atoms with van der Waals surface area (Å²) in [5.41, 5.74) is 2.73. The number of hydrogen-bond acceptors (Lipinski definition) is 5. The summed E-state index contributed by atoms with van der Waals surface area (Å²) in [6.45, 7) is 3.68. The molecular weight excluding hydrogens is 390 g/mol. The van der Waals surface area contributed by atoms with Crippen molar-refractivity contribution >= 4 is 34.8 Å². The van der Waals surface area contributed by atoms with Crippen molar-refractivity contribution in [3.05, 3.63) is 59.1 Å². The molecule has 0 radical (unpaired) electrons. The van der Waals surface area contributed by atoms with E-state index in [0.717, 1.165) is 16.9 Å². The highest BCUT2D eigenvalue weighted by Gasteiger charge is 2.60. The topological polar surface area (TPSA) is 53.1 Å². The van der Waals surface area contributed by atoms with Gasteiger partial charge in [-0.05, 0) is 55.8 Å². The van der Waals surface area contributed by atoms with Gasteiger partial charge in [0.15, 0.2) is 6.10 Å². The maximum Gasteiger partial charge on any atom is 0.262 e. The van der Waals surface area contributed by atoms with Gasteiger partial charge in [0.2, 0.25) is 5.91 Å². The van der Waals surface area contributed by atoms with Crippen molar-refractivity contribution in [2.24, 2.45) is 5.92 Å². The first-order chi connectivity index (χ1) is 13.8. The summed E-state index contributed by atoms with van der Waals surface area (Å²) in [5, 5.41) is 2.29. The summed E-state index contributed by atoms with van der Waals surface area (Å²) in [6, 6.07) is 14.6. The Morgan fingerprint density at radius 3 is 2.14 bits per heavy atom. The zero-order valence-electron chi connectivity index (χ0n) is 16.9. The van der Waals surface area contributed by atoms with Crippen LogP contribution in [0.2, 0.25) is 5.02 Å². The van der Waals surface area contributed by atoms with Crippen LogP contribution in [0.25, 0.3) is 0 Å². The van der Waals surface area contributed by atoms with Crippen molar-refractivity contribution in [2.45, 2.75) is 32.0 Å². The Morgan fingerprint density at radius 1 is 0.966 bits per heavy atom. The number of likely N-dealkylation sites (tertiary alicyclic amines) is 1. The van der Waals surface area contributed by atoms with Gasteiger partial charge in [0.05, 0.1) is 11.7 Å². The first-order valence-electron chi connectivity index (χ1n) is 9.65. The predicted octanol–water partition coefficient (Wildman–Crippen LogP) is 3.66. The standard InChI is InChI=1S/C22H24ClN3O3/c1-13(2)25-21(27)18-19(14-5-9-16(10-6-14)24(3)4)26(29-20(18)22(25)28)17-11-7-15(23)8-12-17/h5-13,18-20H,1-4H3/t18-,19+,20+/m0/s1. The first-order valence-corrected chi connectivity index (χ1v) is 10.0. The van der Waals surface area contributed by atoms with Crippen molar-refractivity contribution in [1.29, 1.82) is 0 Å². The van der Waals surface area contributed by atoms with Crippen LogP contribution < -0.4 is 9.96 Å². The molecular formula is C22H24ClN3O3. The van der Waals surface area contributed by atoms with Gasteiger partial charge in [-0.1, -0.05) is 23.7 Å². The molecule has 152 valence electrons. The summed E-state index contributed by atoms with van der Waals surface area (Å²) in [7, 11) is 3.95. The molecule has 2 fully saturated rings. The lowest BCUT2D eigenvalue weighted by Gasteiger charge is -2.30. The lowest BCUT2D eigenvalue weighted by Crippen LogP contribution is -2.41. The maximum absolute atomic E-state index is 13.2. The van der Waals surface area contributed by atoms with E-state index < -0.39 is 18.1 Å². The van der Waals surface area contributed by atoms with Crippen molar-refractivity contribution in [2.75, 3.05) is 24.1 Å². The number of fused-ring (bicyclic) bond motifs is 1. The number of rotatable bonds is 4. The summed E-state index contributed by atoms with van der Waals surface area (Å²) < 4.78 is 0. The number of hydrogen-bond donors (Lipinski definition) is 0. The van der Waals surface area contributed by atoms with E-state index in [-0.39, 0.29) is 17.9 Å². The number of hydroxylamine groups is 1. The van der Waals surface area contributed by atoms with Crippen LogP contribution in [-0.4, -0.2) is 43.0 Å². The monoisotopic (exact) mass is 413 g/mol. The second kappa shape index (κ2) is 7.35. The molecule has 2 aliphatic rings. The molecule has 2 heterocycles. The third-order valence-electron chi connectivity index (χ3n) is 5.50. The molecule has 2 aromatic rings. The van der Waals surface area contributed by atoms with Gasteiger partial charge in [-0.3, -0.25) is 19.3 Å². The quantitative estimate of drug-likeness (QED) is 0.716. The normalized spacial score (nSPS) is 23.9. The average Bonchev–Trinajstić information content (AvgIpc) is 3.19. The molecule has 2 aromatic carbocycles. The predicted molar refractivity (Wildman–Crippen MR) is 113 cm³/mol. The molecule has 0 aromatic heterocycles. The van der Waals surface area contributed by atoms with Crippen LogP contribution in [0.1, 0.15) is 25.5 Å². The Morgan fingerprint density at radius 2 is 1.59 bits per heavy atom. The minimum atomic E-state index is -0.820. The van der Waals surface area contributed by atoms with Crippen molar-refractivity contribution in [3.63, 3.8) is 0 Å². The van der Waals surface area contributed by atoms with E-state index in [1.54, 1.807) is 17.2 Å². The number of nitrogens with zero attached hydrogens (tertiary/aromatic N) is 3. The van der Waals surface area contributed by atoms with Crippen LogP contribution in [0.3, 0.4) is 0 Å². The summed E-state index contributed by atoms with van der Waals surface area (Å²) in [4.78, 5) is 35.5. The van der Waals surface area contributed by atoms with E-state index in [4.69, 9.17) is 16.4 Å². The Hall–Kier alpha value is -2.57. The Kier molecular flexibility index (Phi) is 5.00. The second-order valence-corrected chi connectivity index (χ2v) is 8.36. The highest BCUT2D eigenvalue weighted by Crippen LogP contribution is 2.47. The molecule has 0 aliphatic carbocycles. The van der Waals surface area contributed by atoms with Gasteiger partial charge in [0, 0.05) is 30.8 Å². The van der Waals surface area contributed by atoms with Crippen LogP contribution in [0, 0.1) is 5.92 Å². The maximum atomic E-state index is 13.2. The van der Waals surface area contributed by atoms with Crippen LogP contribution >= 0.6 is 11.6 Å². The lowest BCUT2D eigenvalue weighted by molar-refractivity contribution is -0.145. The van der Waals surface area contributed by atoms with Crippen LogP contribution in [0.4, 0.5) is 11.4 Å². The van der Waals surface area contributed by atoms with Crippen LogP contribution in [-0.2, 0) is 14.4 Å². The van der Waals surface area contributed by atoms with Gasteiger partial charge in [-0.25, -0.2) is 5.06 Å². The molecule has 0 spiro atoms. The van der Waals surface area contributed by atoms with E-state index in [2.05, 4.69) is 0 Å². The lowest BCUT2D eigenvalue weighted by atomic mass is 9.90. The molecule has 2 saturated heterocycles. The van der Waals surface area contributed by atoms with Crippen molar-refractivity contribution in [1.82, 2.24) is 4.90 Å². The third-order valence-corrected chi connectivity index (χ3v) is 5.75. The molecule has 0 saturated carbocycles. The molecule has 6 nitrogen and oxygen atoms in total. The van der Waals surface area contributed by atoms with Crippen LogP contribution in [0.15, 0.2) is 48.5 Å². The molecule has 0 N–H and O–H groups in total. The van der Waals surface area contributed by atoms with Gasteiger partial charge in [0.1, 0.15) is 5.92 Å². The number of amides is 2. The van der Waals surface area contributed by atoms with E-state index in [0.29, 0.717) is 5.02 Å². The number of anilines is 2. The van der Waals surface area contributed by atoms with Crippen molar-refractivity contribution in [3.8, 4) is 0 Å². The largest absolute Gasteiger partial charge is 0.378 e. The summed E-state index contributed by atoms with van der Waals surface area (Å²) in [5.74, 6) is -1.06. The smallest absolute Gasteiger partial charge is 0.262 e. The molecule has 7 heteroatoms.